The van der Waals surface area contributed by atoms with Crippen LogP contribution in [-0.2, 0) is 13.0 Å². The number of nitrogen functional groups attached to an aromatic ring is 1. The summed E-state index contributed by atoms with van der Waals surface area (Å²) >= 11 is 0. The number of hydrogen-bond donors (Lipinski definition) is 2. The monoisotopic (exact) mass is 227 g/mol. The predicted octanol–water partition coefficient (Wildman–Crippen LogP) is 2.84. The van der Waals surface area contributed by atoms with Crippen molar-refractivity contribution in [2.24, 2.45) is 0 Å². The minimum absolute atomic E-state index is 0.682. The normalized spacial score (nSPS) is 10.2. The van der Waals surface area contributed by atoms with Crippen LogP contribution < -0.4 is 11.1 Å². The fraction of sp³-hybridized carbons (Fsp3) is 0.214. The van der Waals surface area contributed by atoms with Crippen LogP contribution in [0.1, 0.15) is 18.1 Å². The summed E-state index contributed by atoms with van der Waals surface area (Å²) in [4.78, 5) is 3.97. The Morgan fingerprint density at radius 3 is 2.65 bits per heavy atom. The Morgan fingerprint density at radius 1 is 1.18 bits per heavy atom. The van der Waals surface area contributed by atoms with Gasteiger partial charge in [-0.05, 0) is 23.6 Å². The Balaban J connectivity index is 2.10. The van der Waals surface area contributed by atoms with Gasteiger partial charge in [0.2, 0.25) is 0 Å². The van der Waals surface area contributed by atoms with Crippen molar-refractivity contribution in [2.45, 2.75) is 19.9 Å². The molecular weight excluding hydrogens is 210 g/mol. The molecule has 0 aliphatic carbocycles. The molecule has 1 heterocycles. The average Bonchev–Trinajstić information content (AvgIpc) is 2.38. The summed E-state index contributed by atoms with van der Waals surface area (Å²) in [6, 6.07) is 10.3. The van der Waals surface area contributed by atoms with Gasteiger partial charge < -0.3 is 11.1 Å². The third kappa shape index (κ3) is 2.75. The molecule has 1 aromatic carbocycles. The van der Waals surface area contributed by atoms with Gasteiger partial charge in [-0.1, -0.05) is 31.2 Å². The second kappa shape index (κ2) is 5.34. The molecule has 0 spiro atoms. The second-order valence-corrected chi connectivity index (χ2v) is 3.94. The summed E-state index contributed by atoms with van der Waals surface area (Å²) in [6.07, 6.45) is 4.45. The molecule has 0 bridgehead atoms. The summed E-state index contributed by atoms with van der Waals surface area (Å²) in [5, 5.41) is 3.34. The number of benzene rings is 1. The Labute approximate surface area is 102 Å². The SMILES string of the molecule is CCc1ccccc1CNc1ccncc1N. The zero-order valence-electron chi connectivity index (χ0n) is 9.98. The highest BCUT2D eigenvalue weighted by molar-refractivity contribution is 5.64. The molecule has 0 amide bonds. The van der Waals surface area contributed by atoms with Crippen LogP contribution in [-0.4, -0.2) is 4.98 Å². The zero-order valence-corrected chi connectivity index (χ0v) is 9.98. The summed E-state index contributed by atoms with van der Waals surface area (Å²) in [6.45, 7) is 2.96. The summed E-state index contributed by atoms with van der Waals surface area (Å²) < 4.78 is 0. The molecule has 0 fully saturated rings. The highest BCUT2D eigenvalue weighted by atomic mass is 14.9. The Kier molecular flexibility index (Phi) is 3.60. The molecule has 0 unspecified atom stereocenters. The minimum atomic E-state index is 0.682. The van der Waals surface area contributed by atoms with Gasteiger partial charge in [-0.2, -0.15) is 0 Å². The number of nitrogens with two attached hydrogens (primary N) is 1. The van der Waals surface area contributed by atoms with Gasteiger partial charge in [0.05, 0.1) is 17.6 Å². The molecule has 0 aliphatic rings. The molecular formula is C14H17N3. The van der Waals surface area contributed by atoms with Crippen molar-refractivity contribution in [1.29, 1.82) is 0 Å². The topological polar surface area (TPSA) is 50.9 Å². The molecule has 3 nitrogen and oxygen atoms in total. The van der Waals surface area contributed by atoms with E-state index >= 15 is 0 Å². The highest BCUT2D eigenvalue weighted by Crippen LogP contribution is 2.17. The number of aryl methyl sites for hydroxylation is 1. The van der Waals surface area contributed by atoms with E-state index in [0.29, 0.717) is 5.69 Å². The van der Waals surface area contributed by atoms with Gasteiger partial charge in [0.25, 0.3) is 0 Å². The molecule has 2 rings (SSSR count). The van der Waals surface area contributed by atoms with Crippen molar-refractivity contribution in [3.05, 3.63) is 53.9 Å². The van der Waals surface area contributed by atoms with E-state index in [-0.39, 0.29) is 0 Å². The average molecular weight is 227 g/mol. The first-order valence-electron chi connectivity index (χ1n) is 5.81. The van der Waals surface area contributed by atoms with Gasteiger partial charge in [0.15, 0.2) is 0 Å². The molecule has 0 saturated carbocycles. The summed E-state index contributed by atoms with van der Waals surface area (Å²) in [7, 11) is 0. The van der Waals surface area contributed by atoms with Crippen molar-refractivity contribution in [3.63, 3.8) is 0 Å². The van der Waals surface area contributed by atoms with Gasteiger partial charge in [0.1, 0.15) is 0 Å². The molecule has 0 atom stereocenters. The predicted molar refractivity (Wildman–Crippen MR) is 71.8 cm³/mol. The summed E-state index contributed by atoms with van der Waals surface area (Å²) in [5.74, 6) is 0. The van der Waals surface area contributed by atoms with Crippen LogP contribution in [0.4, 0.5) is 11.4 Å². The lowest BCUT2D eigenvalue weighted by Gasteiger charge is -2.11. The number of pyridine rings is 1. The first-order chi connectivity index (χ1) is 8.31. The van der Waals surface area contributed by atoms with Crippen molar-refractivity contribution in [1.82, 2.24) is 4.98 Å². The lowest BCUT2D eigenvalue weighted by molar-refractivity contribution is 1.04. The maximum atomic E-state index is 5.83. The van der Waals surface area contributed by atoms with Crippen LogP contribution in [0.25, 0.3) is 0 Å². The van der Waals surface area contributed by atoms with Crippen molar-refractivity contribution in [2.75, 3.05) is 11.1 Å². The van der Waals surface area contributed by atoms with Crippen LogP contribution in [0.3, 0.4) is 0 Å². The van der Waals surface area contributed by atoms with Crippen LogP contribution in [0.2, 0.25) is 0 Å². The van der Waals surface area contributed by atoms with E-state index in [1.54, 1.807) is 12.4 Å². The molecule has 0 saturated heterocycles. The van der Waals surface area contributed by atoms with Gasteiger partial charge in [-0.25, -0.2) is 0 Å². The van der Waals surface area contributed by atoms with Gasteiger partial charge in [-0.15, -0.1) is 0 Å². The number of hydrogen-bond acceptors (Lipinski definition) is 3. The maximum absolute atomic E-state index is 5.83. The Hall–Kier alpha value is -2.03. The fourth-order valence-electron chi connectivity index (χ4n) is 1.83. The number of nitrogens with zero attached hydrogens (tertiary/aromatic N) is 1. The van der Waals surface area contributed by atoms with Crippen LogP contribution in [0, 0.1) is 0 Å². The smallest absolute Gasteiger partial charge is 0.0736 e. The molecule has 1 aromatic heterocycles. The van der Waals surface area contributed by atoms with Crippen molar-refractivity contribution in [3.8, 4) is 0 Å². The van der Waals surface area contributed by atoms with Crippen molar-refractivity contribution >= 4 is 11.4 Å². The molecule has 3 heteroatoms. The molecule has 3 N–H and O–H groups in total. The second-order valence-electron chi connectivity index (χ2n) is 3.94. The van der Waals surface area contributed by atoms with E-state index < -0.39 is 0 Å². The third-order valence-electron chi connectivity index (χ3n) is 2.82. The Bertz CT molecular complexity index is 494. The molecule has 2 aromatic rings. The van der Waals surface area contributed by atoms with E-state index in [1.165, 1.54) is 11.1 Å². The van der Waals surface area contributed by atoms with Gasteiger partial charge in [-0.3, -0.25) is 4.98 Å². The first-order valence-corrected chi connectivity index (χ1v) is 5.81. The van der Waals surface area contributed by atoms with E-state index in [0.717, 1.165) is 18.7 Å². The van der Waals surface area contributed by atoms with Gasteiger partial charge in [0, 0.05) is 12.7 Å². The zero-order chi connectivity index (χ0) is 12.1. The lowest BCUT2D eigenvalue weighted by atomic mass is 10.1. The minimum Gasteiger partial charge on any atom is -0.396 e. The van der Waals surface area contributed by atoms with Gasteiger partial charge >= 0.3 is 0 Å². The highest BCUT2D eigenvalue weighted by Gasteiger charge is 2.01. The van der Waals surface area contributed by atoms with E-state index in [9.17, 15) is 0 Å². The first kappa shape index (κ1) is 11.5. The molecule has 0 radical (unpaired) electrons. The van der Waals surface area contributed by atoms with E-state index in [4.69, 9.17) is 5.73 Å². The lowest BCUT2D eigenvalue weighted by Crippen LogP contribution is -2.04. The van der Waals surface area contributed by atoms with Crippen LogP contribution >= 0.6 is 0 Å². The van der Waals surface area contributed by atoms with E-state index in [1.807, 2.05) is 6.07 Å². The number of aromatic nitrogens is 1. The van der Waals surface area contributed by atoms with E-state index in [2.05, 4.69) is 41.5 Å². The Morgan fingerprint density at radius 2 is 1.94 bits per heavy atom. The van der Waals surface area contributed by atoms with Crippen LogP contribution in [0.15, 0.2) is 42.7 Å². The number of rotatable bonds is 4. The maximum Gasteiger partial charge on any atom is 0.0736 e. The standard InChI is InChI=1S/C14H17N3/c1-2-11-5-3-4-6-12(11)9-17-14-7-8-16-10-13(14)15/h3-8,10H,2,9,15H2,1H3,(H,16,17). The van der Waals surface area contributed by atoms with Crippen LogP contribution in [0.5, 0.6) is 0 Å². The fourth-order valence-corrected chi connectivity index (χ4v) is 1.83. The molecule has 0 aliphatic heterocycles. The quantitative estimate of drug-likeness (QED) is 0.844. The third-order valence-corrected chi connectivity index (χ3v) is 2.82. The number of anilines is 2. The number of nitrogens with one attached hydrogen (secondary N) is 1. The van der Waals surface area contributed by atoms with Crippen molar-refractivity contribution < 1.29 is 0 Å². The molecule has 17 heavy (non-hydrogen) atoms. The molecule has 88 valence electrons. The summed E-state index contributed by atoms with van der Waals surface area (Å²) in [5.41, 5.74) is 10.1. The largest absolute Gasteiger partial charge is 0.396 e.